The number of amides is 1. The number of carbonyl (C=O) groups is 2. The molecule has 1 aliphatic rings. The maximum atomic E-state index is 13.5. The summed E-state index contributed by atoms with van der Waals surface area (Å²) in [4.78, 5) is 27.4. The van der Waals surface area contributed by atoms with Crippen molar-refractivity contribution >= 4 is 31.6 Å². The van der Waals surface area contributed by atoms with Crippen molar-refractivity contribution in [2.24, 2.45) is 0 Å². The second-order valence-electron chi connectivity index (χ2n) is 11.4. The molecule has 0 saturated carbocycles. The molecule has 1 fully saturated rings. The molecule has 10 nitrogen and oxygen atoms in total. The lowest BCUT2D eigenvalue weighted by Gasteiger charge is -2.25. The average molecular weight is 673 g/mol. The van der Waals surface area contributed by atoms with Crippen LogP contribution in [0.3, 0.4) is 0 Å². The highest BCUT2D eigenvalue weighted by molar-refractivity contribution is 7.91. The molecule has 1 aliphatic heterocycles. The number of aryl methyl sites for hydroxylation is 1. The SMILES string of the molecule is CC.Cc1ccccc1-c1cc(CN2CC(S(C)(=O)=O)CC2COc2ccccc2)ccc1C(=O)NC(CCS(C)(=O)=O)C(=O)O. The van der Waals surface area contributed by atoms with Crippen LogP contribution in [0.1, 0.15) is 48.2 Å². The standard InChI is InChI=1S/C32H38N2O8S2.C2H6/c1-22-9-7-8-12-27(22)29-17-23(13-14-28(29)31(35)33-30(32(36)37)15-16-43(2,38)39)19-34-20-26(44(3,40)41)18-24(34)21-42-25-10-5-4-6-11-25;1-2/h4-14,17,24,26,30H,15-16,18-21H2,1-3H3,(H,33,35)(H,36,37);1-2H3. The predicted molar refractivity (Wildman–Crippen MR) is 181 cm³/mol. The molecular weight excluding hydrogens is 629 g/mol. The van der Waals surface area contributed by atoms with Gasteiger partial charge in [-0.3, -0.25) is 9.69 Å². The molecule has 3 unspecified atom stereocenters. The molecule has 4 rings (SSSR count). The molecule has 46 heavy (non-hydrogen) atoms. The fraction of sp³-hybridized carbons (Fsp3) is 0.412. The lowest BCUT2D eigenvalue weighted by molar-refractivity contribution is -0.139. The molecule has 0 aromatic heterocycles. The molecule has 250 valence electrons. The van der Waals surface area contributed by atoms with Crippen LogP contribution in [0.4, 0.5) is 0 Å². The van der Waals surface area contributed by atoms with Crippen LogP contribution in [0, 0.1) is 6.92 Å². The number of hydrogen-bond donors (Lipinski definition) is 2. The van der Waals surface area contributed by atoms with Crippen molar-refractivity contribution in [1.82, 2.24) is 10.2 Å². The first-order valence-corrected chi connectivity index (χ1v) is 19.2. The topological polar surface area (TPSA) is 147 Å². The molecule has 12 heteroatoms. The van der Waals surface area contributed by atoms with Gasteiger partial charge in [-0.2, -0.15) is 0 Å². The van der Waals surface area contributed by atoms with Gasteiger partial charge in [0.05, 0.1) is 11.0 Å². The van der Waals surface area contributed by atoms with Gasteiger partial charge in [0.2, 0.25) is 0 Å². The van der Waals surface area contributed by atoms with Crippen molar-refractivity contribution in [2.45, 2.75) is 57.5 Å². The van der Waals surface area contributed by atoms with Gasteiger partial charge in [0.25, 0.3) is 5.91 Å². The number of likely N-dealkylation sites (tertiary alicyclic amines) is 1. The largest absolute Gasteiger partial charge is 0.492 e. The maximum absolute atomic E-state index is 13.5. The van der Waals surface area contributed by atoms with Gasteiger partial charge in [-0.25, -0.2) is 21.6 Å². The van der Waals surface area contributed by atoms with E-state index in [9.17, 15) is 31.5 Å². The van der Waals surface area contributed by atoms with Crippen LogP contribution >= 0.6 is 0 Å². The van der Waals surface area contributed by atoms with Crippen molar-refractivity contribution in [1.29, 1.82) is 0 Å². The summed E-state index contributed by atoms with van der Waals surface area (Å²) in [5.41, 5.74) is 3.35. The maximum Gasteiger partial charge on any atom is 0.326 e. The van der Waals surface area contributed by atoms with Crippen LogP contribution in [0.5, 0.6) is 5.75 Å². The number of carboxylic acid groups (broad SMARTS) is 1. The van der Waals surface area contributed by atoms with E-state index < -0.39 is 42.8 Å². The number of carboxylic acids is 1. The van der Waals surface area contributed by atoms with E-state index in [1.54, 1.807) is 12.1 Å². The molecule has 1 amide bonds. The van der Waals surface area contributed by atoms with Crippen LogP contribution in [0.2, 0.25) is 0 Å². The highest BCUT2D eigenvalue weighted by atomic mass is 32.2. The Labute approximate surface area is 272 Å². The Balaban J connectivity index is 0.00000282. The van der Waals surface area contributed by atoms with Gasteiger partial charge < -0.3 is 15.2 Å². The monoisotopic (exact) mass is 672 g/mol. The molecule has 0 spiro atoms. The lowest BCUT2D eigenvalue weighted by atomic mass is 9.93. The van der Waals surface area contributed by atoms with Gasteiger partial charge >= 0.3 is 5.97 Å². The number of rotatable bonds is 13. The molecular formula is C34H44N2O8S2. The van der Waals surface area contributed by atoms with Crippen molar-refractivity contribution in [3.05, 3.63) is 89.5 Å². The van der Waals surface area contributed by atoms with Crippen LogP contribution in [0.15, 0.2) is 72.8 Å². The number of sulfone groups is 2. The summed E-state index contributed by atoms with van der Waals surface area (Å²) in [5.74, 6) is -1.64. The summed E-state index contributed by atoms with van der Waals surface area (Å²) in [6, 6.07) is 20.5. The molecule has 1 heterocycles. The van der Waals surface area contributed by atoms with Crippen LogP contribution in [-0.4, -0.2) is 87.5 Å². The number of aliphatic carboxylic acids is 1. The zero-order valence-electron chi connectivity index (χ0n) is 27.0. The van der Waals surface area contributed by atoms with Crippen LogP contribution in [-0.2, 0) is 31.0 Å². The number of nitrogens with zero attached hydrogens (tertiary/aromatic N) is 1. The first kappa shape index (κ1) is 36.7. The highest BCUT2D eigenvalue weighted by Crippen LogP contribution is 2.31. The van der Waals surface area contributed by atoms with Crippen molar-refractivity contribution in [3.8, 4) is 16.9 Å². The van der Waals surface area contributed by atoms with E-state index in [2.05, 4.69) is 10.2 Å². The molecule has 2 N–H and O–H groups in total. The second kappa shape index (κ2) is 16.2. The number of carbonyl (C=O) groups excluding carboxylic acids is 1. The van der Waals surface area contributed by atoms with Crippen molar-refractivity contribution < 1.29 is 36.3 Å². The summed E-state index contributed by atoms with van der Waals surface area (Å²) in [6.45, 7) is 6.96. The summed E-state index contributed by atoms with van der Waals surface area (Å²) in [5, 5.41) is 11.6. The minimum Gasteiger partial charge on any atom is -0.492 e. The summed E-state index contributed by atoms with van der Waals surface area (Å²) >= 11 is 0. The second-order valence-corrected chi connectivity index (χ2v) is 16.0. The van der Waals surface area contributed by atoms with E-state index in [1.807, 2.05) is 81.4 Å². The third kappa shape index (κ3) is 10.4. The molecule has 3 atom stereocenters. The van der Waals surface area contributed by atoms with Crippen molar-refractivity contribution in [3.63, 3.8) is 0 Å². The Morgan fingerprint density at radius 3 is 2.22 bits per heavy atom. The number of nitrogens with one attached hydrogen (secondary N) is 1. The Bertz CT molecular complexity index is 1710. The average Bonchev–Trinajstić information content (AvgIpc) is 3.42. The predicted octanol–water partition coefficient (Wildman–Crippen LogP) is 4.37. The van der Waals surface area contributed by atoms with E-state index in [4.69, 9.17) is 4.74 Å². The van der Waals surface area contributed by atoms with Gasteiger partial charge in [-0.1, -0.05) is 62.4 Å². The molecule has 3 aromatic rings. The minimum atomic E-state index is -3.43. The van der Waals surface area contributed by atoms with E-state index in [1.165, 1.54) is 6.26 Å². The number of ether oxygens (including phenoxy) is 1. The van der Waals surface area contributed by atoms with E-state index in [0.29, 0.717) is 37.4 Å². The van der Waals surface area contributed by atoms with E-state index >= 15 is 0 Å². The Hall–Kier alpha value is -3.74. The van der Waals surface area contributed by atoms with Gasteiger partial charge in [-0.15, -0.1) is 0 Å². The zero-order valence-corrected chi connectivity index (χ0v) is 28.6. The highest BCUT2D eigenvalue weighted by Gasteiger charge is 2.38. The fourth-order valence-electron chi connectivity index (χ4n) is 5.37. The first-order valence-electron chi connectivity index (χ1n) is 15.2. The molecule has 1 saturated heterocycles. The van der Waals surface area contributed by atoms with Gasteiger partial charge in [0, 0.05) is 37.2 Å². The molecule has 0 aliphatic carbocycles. The quantitative estimate of drug-likeness (QED) is 0.270. The lowest BCUT2D eigenvalue weighted by Crippen LogP contribution is -2.42. The summed E-state index contributed by atoms with van der Waals surface area (Å²) in [7, 11) is -6.72. The number of hydrogen-bond acceptors (Lipinski definition) is 8. The Morgan fingerprint density at radius 1 is 0.957 bits per heavy atom. The van der Waals surface area contributed by atoms with Gasteiger partial charge in [0.1, 0.15) is 28.2 Å². The normalized spacial score (nSPS) is 17.4. The number of para-hydroxylation sites is 1. The Morgan fingerprint density at radius 2 is 1.61 bits per heavy atom. The third-order valence-corrected chi connectivity index (χ3v) is 10.3. The minimum absolute atomic E-state index is 0.161. The summed E-state index contributed by atoms with van der Waals surface area (Å²) < 4.78 is 54.3. The fourth-order valence-corrected chi connectivity index (χ4v) is 7.07. The van der Waals surface area contributed by atoms with E-state index in [0.717, 1.165) is 22.9 Å². The summed E-state index contributed by atoms with van der Waals surface area (Å²) in [6.07, 6.45) is 2.43. The van der Waals surface area contributed by atoms with Crippen LogP contribution in [0.25, 0.3) is 11.1 Å². The van der Waals surface area contributed by atoms with E-state index in [-0.39, 0.29) is 23.8 Å². The Kier molecular flexibility index (Phi) is 12.9. The molecule has 3 aromatic carbocycles. The zero-order chi connectivity index (χ0) is 34.1. The first-order chi connectivity index (χ1) is 21.7. The molecule has 0 radical (unpaired) electrons. The number of benzene rings is 3. The molecule has 0 bridgehead atoms. The van der Waals surface area contributed by atoms with Crippen LogP contribution < -0.4 is 10.1 Å². The van der Waals surface area contributed by atoms with Gasteiger partial charge in [0.15, 0.2) is 9.84 Å². The smallest absolute Gasteiger partial charge is 0.326 e. The van der Waals surface area contributed by atoms with Crippen molar-refractivity contribution in [2.75, 3.05) is 31.4 Å². The third-order valence-electron chi connectivity index (χ3n) is 7.81. The van der Waals surface area contributed by atoms with Gasteiger partial charge in [-0.05, 0) is 66.3 Å².